The van der Waals surface area contributed by atoms with Gasteiger partial charge in [0.2, 0.25) is 11.8 Å². The van der Waals surface area contributed by atoms with E-state index in [9.17, 15) is 9.90 Å². The fraction of sp³-hybridized carbons (Fsp3) is 0.125. The predicted octanol–water partition coefficient (Wildman–Crippen LogP) is 5.37. The van der Waals surface area contributed by atoms with Crippen LogP contribution in [0.25, 0.3) is 28.6 Å². The van der Waals surface area contributed by atoms with E-state index in [-0.39, 0.29) is 17.5 Å². The number of nitrogens with zero attached hydrogens (tertiary/aromatic N) is 2. The van der Waals surface area contributed by atoms with Crippen LogP contribution in [0, 0.1) is 0 Å². The fourth-order valence-electron chi connectivity index (χ4n) is 3.03. The predicted molar refractivity (Wildman–Crippen MR) is 117 cm³/mol. The lowest BCUT2D eigenvalue weighted by Gasteiger charge is -2.06. The standard InChI is InChI=1S/C24H21N3O3/c1-15(2)17-6-3-16(4-7-17)5-10-23(29)26-18-8-9-21(28)19(13-18)24-27-20-14-25-12-11-22(20)30-24/h3-15,28H,1-2H3,(H,26,29)/b10-5+. The molecule has 0 fully saturated rings. The molecule has 0 saturated heterocycles. The van der Waals surface area contributed by atoms with E-state index in [4.69, 9.17) is 4.42 Å². The van der Waals surface area contributed by atoms with Crippen molar-refractivity contribution in [1.29, 1.82) is 0 Å². The molecule has 0 spiro atoms. The number of nitrogens with one attached hydrogen (secondary N) is 1. The molecule has 0 aliphatic heterocycles. The first-order valence-corrected chi connectivity index (χ1v) is 9.62. The van der Waals surface area contributed by atoms with E-state index >= 15 is 0 Å². The molecule has 2 heterocycles. The van der Waals surface area contributed by atoms with Gasteiger partial charge in [-0.3, -0.25) is 9.78 Å². The highest BCUT2D eigenvalue weighted by Gasteiger charge is 2.13. The zero-order chi connectivity index (χ0) is 21.1. The summed E-state index contributed by atoms with van der Waals surface area (Å²) in [5, 5.41) is 13.0. The number of rotatable bonds is 5. The minimum absolute atomic E-state index is 0.00768. The van der Waals surface area contributed by atoms with Gasteiger partial charge in [0.25, 0.3) is 0 Å². The molecule has 0 aliphatic rings. The van der Waals surface area contributed by atoms with E-state index in [2.05, 4.69) is 41.3 Å². The van der Waals surface area contributed by atoms with Crippen molar-refractivity contribution < 1.29 is 14.3 Å². The molecule has 6 heteroatoms. The Morgan fingerprint density at radius 2 is 1.93 bits per heavy atom. The van der Waals surface area contributed by atoms with Gasteiger partial charge in [0.05, 0.1) is 11.8 Å². The monoisotopic (exact) mass is 399 g/mol. The smallest absolute Gasteiger partial charge is 0.248 e. The number of anilines is 1. The number of phenolic OH excluding ortho intramolecular Hbond substituents is 1. The third-order valence-corrected chi connectivity index (χ3v) is 4.71. The number of amides is 1. The van der Waals surface area contributed by atoms with Gasteiger partial charge in [-0.25, -0.2) is 4.98 Å². The topological polar surface area (TPSA) is 88.2 Å². The summed E-state index contributed by atoms with van der Waals surface area (Å²) in [5.74, 6) is 0.453. The van der Waals surface area contributed by atoms with Crippen LogP contribution in [0.4, 0.5) is 5.69 Å². The number of aromatic hydroxyl groups is 1. The van der Waals surface area contributed by atoms with Gasteiger partial charge in [-0.2, -0.15) is 0 Å². The molecule has 1 amide bonds. The highest BCUT2D eigenvalue weighted by atomic mass is 16.3. The van der Waals surface area contributed by atoms with Crippen molar-refractivity contribution in [3.63, 3.8) is 0 Å². The van der Waals surface area contributed by atoms with Gasteiger partial charge in [-0.05, 0) is 41.3 Å². The van der Waals surface area contributed by atoms with Gasteiger partial charge in [0, 0.05) is 24.0 Å². The third kappa shape index (κ3) is 4.22. The van der Waals surface area contributed by atoms with Crippen LogP contribution >= 0.6 is 0 Å². The summed E-state index contributed by atoms with van der Waals surface area (Å²) in [6.07, 6.45) is 6.43. The lowest BCUT2D eigenvalue weighted by molar-refractivity contribution is -0.111. The Balaban J connectivity index is 1.50. The summed E-state index contributed by atoms with van der Waals surface area (Å²) in [6.45, 7) is 4.28. The van der Waals surface area contributed by atoms with Crippen molar-refractivity contribution in [3.05, 3.63) is 78.1 Å². The maximum atomic E-state index is 12.3. The van der Waals surface area contributed by atoms with Gasteiger partial charge in [-0.1, -0.05) is 38.1 Å². The van der Waals surface area contributed by atoms with E-state index < -0.39 is 0 Å². The zero-order valence-corrected chi connectivity index (χ0v) is 16.7. The molecule has 6 nitrogen and oxygen atoms in total. The summed E-state index contributed by atoms with van der Waals surface area (Å²) in [6, 6.07) is 14.5. The van der Waals surface area contributed by atoms with Crippen molar-refractivity contribution in [2.75, 3.05) is 5.32 Å². The van der Waals surface area contributed by atoms with Crippen LogP contribution in [0.2, 0.25) is 0 Å². The Kier molecular flexibility index (Phi) is 5.30. The molecule has 2 aromatic carbocycles. The largest absolute Gasteiger partial charge is 0.507 e. The normalized spacial score (nSPS) is 11.4. The number of fused-ring (bicyclic) bond motifs is 1. The van der Waals surface area contributed by atoms with Gasteiger partial charge < -0.3 is 14.8 Å². The molecule has 2 N–H and O–H groups in total. The van der Waals surface area contributed by atoms with E-state index in [0.717, 1.165) is 5.56 Å². The number of pyridine rings is 1. The Bertz CT molecular complexity index is 1190. The Morgan fingerprint density at radius 1 is 1.13 bits per heavy atom. The quantitative estimate of drug-likeness (QED) is 0.348. The van der Waals surface area contributed by atoms with Gasteiger partial charge in [-0.15, -0.1) is 0 Å². The molecule has 4 aromatic rings. The summed E-state index contributed by atoms with van der Waals surface area (Å²) >= 11 is 0. The summed E-state index contributed by atoms with van der Waals surface area (Å²) in [5.41, 5.74) is 4.27. The van der Waals surface area contributed by atoms with E-state index in [1.54, 1.807) is 36.7 Å². The molecular formula is C24H21N3O3. The van der Waals surface area contributed by atoms with Gasteiger partial charge in [0.15, 0.2) is 5.58 Å². The molecule has 0 atom stereocenters. The molecule has 0 bridgehead atoms. The van der Waals surface area contributed by atoms with Crippen molar-refractivity contribution >= 4 is 28.8 Å². The average molecular weight is 399 g/mol. The molecular weight excluding hydrogens is 378 g/mol. The third-order valence-electron chi connectivity index (χ3n) is 4.71. The lowest BCUT2D eigenvalue weighted by atomic mass is 10.0. The van der Waals surface area contributed by atoms with E-state index in [1.165, 1.54) is 17.7 Å². The van der Waals surface area contributed by atoms with Crippen LogP contribution in [0.5, 0.6) is 5.75 Å². The minimum atomic E-state index is -0.277. The molecule has 0 aliphatic carbocycles. The summed E-state index contributed by atoms with van der Waals surface area (Å²) < 4.78 is 5.69. The second kappa shape index (κ2) is 8.21. The molecule has 2 aromatic heterocycles. The number of hydrogen-bond acceptors (Lipinski definition) is 5. The van der Waals surface area contributed by atoms with Gasteiger partial charge in [0.1, 0.15) is 11.3 Å². The van der Waals surface area contributed by atoms with Crippen LogP contribution in [-0.4, -0.2) is 21.0 Å². The Hall–Kier alpha value is -3.93. The number of carbonyl (C=O) groups is 1. The maximum Gasteiger partial charge on any atom is 0.248 e. The zero-order valence-electron chi connectivity index (χ0n) is 16.7. The Morgan fingerprint density at radius 3 is 2.67 bits per heavy atom. The lowest BCUT2D eigenvalue weighted by Crippen LogP contribution is -2.07. The summed E-state index contributed by atoms with van der Waals surface area (Å²) in [7, 11) is 0. The first-order valence-electron chi connectivity index (χ1n) is 9.62. The first kappa shape index (κ1) is 19.4. The molecule has 150 valence electrons. The Labute approximate surface area is 173 Å². The van der Waals surface area contributed by atoms with Crippen LogP contribution in [0.15, 0.2) is 71.4 Å². The van der Waals surface area contributed by atoms with Crippen LogP contribution in [-0.2, 0) is 4.79 Å². The van der Waals surface area contributed by atoms with Crippen molar-refractivity contribution in [2.45, 2.75) is 19.8 Å². The second-order valence-corrected chi connectivity index (χ2v) is 7.24. The molecule has 0 radical (unpaired) electrons. The van der Waals surface area contributed by atoms with Crippen molar-refractivity contribution in [3.8, 4) is 17.2 Å². The first-order chi connectivity index (χ1) is 14.5. The average Bonchev–Trinajstić information content (AvgIpc) is 3.18. The number of benzene rings is 2. The number of aromatic nitrogens is 2. The van der Waals surface area contributed by atoms with E-state index in [0.29, 0.717) is 28.3 Å². The van der Waals surface area contributed by atoms with Crippen LogP contribution in [0.3, 0.4) is 0 Å². The van der Waals surface area contributed by atoms with Crippen LogP contribution < -0.4 is 5.32 Å². The number of oxazole rings is 1. The molecule has 0 unspecified atom stereocenters. The van der Waals surface area contributed by atoms with Gasteiger partial charge >= 0.3 is 0 Å². The van der Waals surface area contributed by atoms with Crippen LogP contribution in [0.1, 0.15) is 30.9 Å². The number of carbonyl (C=O) groups excluding carboxylic acids is 1. The number of hydrogen-bond donors (Lipinski definition) is 2. The van der Waals surface area contributed by atoms with Crippen molar-refractivity contribution in [2.24, 2.45) is 0 Å². The maximum absolute atomic E-state index is 12.3. The highest BCUT2D eigenvalue weighted by Crippen LogP contribution is 2.33. The SMILES string of the molecule is CC(C)c1ccc(/C=C/C(=O)Nc2ccc(O)c(-c3nc4cnccc4o3)c2)cc1. The van der Waals surface area contributed by atoms with E-state index in [1.807, 2.05) is 12.1 Å². The molecule has 4 rings (SSSR count). The minimum Gasteiger partial charge on any atom is -0.507 e. The summed E-state index contributed by atoms with van der Waals surface area (Å²) in [4.78, 5) is 20.7. The second-order valence-electron chi connectivity index (χ2n) is 7.24. The molecule has 0 saturated carbocycles. The number of phenols is 1. The van der Waals surface area contributed by atoms with Crippen molar-refractivity contribution in [1.82, 2.24) is 9.97 Å². The highest BCUT2D eigenvalue weighted by molar-refractivity contribution is 6.02. The molecule has 30 heavy (non-hydrogen) atoms. The fourth-order valence-corrected chi connectivity index (χ4v) is 3.03.